The summed E-state index contributed by atoms with van der Waals surface area (Å²) in [6.07, 6.45) is 2.03. The molecule has 3 rings (SSSR count). The van der Waals surface area contributed by atoms with Crippen LogP contribution in [0.4, 0.5) is 17.1 Å². The van der Waals surface area contributed by atoms with E-state index in [0.717, 1.165) is 35.7 Å². The molecule has 22 heavy (non-hydrogen) atoms. The van der Waals surface area contributed by atoms with Gasteiger partial charge in [-0.1, -0.05) is 12.1 Å². The third-order valence-corrected chi connectivity index (χ3v) is 3.57. The van der Waals surface area contributed by atoms with Crippen molar-refractivity contribution in [3.8, 4) is 5.75 Å². The molecule has 4 heteroatoms. The summed E-state index contributed by atoms with van der Waals surface area (Å²) in [5, 5.41) is 6.27. The van der Waals surface area contributed by atoms with Crippen LogP contribution in [0.2, 0.25) is 0 Å². The fourth-order valence-corrected chi connectivity index (χ4v) is 2.23. The van der Waals surface area contributed by atoms with E-state index in [2.05, 4.69) is 10.6 Å². The van der Waals surface area contributed by atoms with Crippen molar-refractivity contribution < 1.29 is 9.53 Å². The third kappa shape index (κ3) is 3.58. The molecule has 0 saturated heterocycles. The van der Waals surface area contributed by atoms with E-state index in [9.17, 15) is 4.79 Å². The number of amides is 1. The predicted molar refractivity (Wildman–Crippen MR) is 88.7 cm³/mol. The van der Waals surface area contributed by atoms with Crippen molar-refractivity contribution in [2.75, 3.05) is 17.2 Å². The highest BCUT2D eigenvalue weighted by molar-refractivity contribution is 5.94. The normalized spacial score (nSPS) is 13.5. The van der Waals surface area contributed by atoms with Crippen molar-refractivity contribution in [1.29, 1.82) is 0 Å². The highest BCUT2D eigenvalue weighted by Gasteiger charge is 2.29. The molecule has 0 aromatic heterocycles. The molecule has 1 saturated carbocycles. The van der Waals surface area contributed by atoms with Crippen molar-refractivity contribution in [2.45, 2.75) is 19.8 Å². The van der Waals surface area contributed by atoms with Crippen LogP contribution in [0.15, 0.2) is 48.5 Å². The number of hydrogen-bond acceptors (Lipinski definition) is 3. The third-order valence-electron chi connectivity index (χ3n) is 3.57. The van der Waals surface area contributed by atoms with Gasteiger partial charge in [0.2, 0.25) is 5.91 Å². The summed E-state index contributed by atoms with van der Waals surface area (Å²) in [4.78, 5) is 11.7. The molecule has 0 bridgehead atoms. The van der Waals surface area contributed by atoms with Gasteiger partial charge in [-0.15, -0.1) is 0 Å². The van der Waals surface area contributed by atoms with E-state index in [4.69, 9.17) is 4.74 Å². The van der Waals surface area contributed by atoms with Gasteiger partial charge in [-0.3, -0.25) is 4.79 Å². The number of carbonyl (C=O) groups excluding carboxylic acids is 1. The SMILES string of the molecule is CCOc1ccccc1Nc1ccc(NC(=O)C2CC2)cc1. The number of nitrogens with one attached hydrogen (secondary N) is 2. The summed E-state index contributed by atoms with van der Waals surface area (Å²) in [6, 6.07) is 15.6. The smallest absolute Gasteiger partial charge is 0.227 e. The highest BCUT2D eigenvalue weighted by Crippen LogP contribution is 2.31. The number of anilines is 3. The van der Waals surface area contributed by atoms with Crippen LogP contribution in [-0.4, -0.2) is 12.5 Å². The Bertz CT molecular complexity index is 648. The van der Waals surface area contributed by atoms with E-state index in [1.807, 2.05) is 55.5 Å². The fourth-order valence-electron chi connectivity index (χ4n) is 2.23. The zero-order valence-electron chi connectivity index (χ0n) is 12.6. The molecule has 2 N–H and O–H groups in total. The summed E-state index contributed by atoms with van der Waals surface area (Å²) in [6.45, 7) is 2.60. The van der Waals surface area contributed by atoms with Crippen LogP contribution in [0.5, 0.6) is 5.75 Å². The molecule has 2 aromatic carbocycles. The average Bonchev–Trinajstić information content (AvgIpc) is 3.36. The lowest BCUT2D eigenvalue weighted by molar-refractivity contribution is -0.117. The number of rotatable bonds is 6. The highest BCUT2D eigenvalue weighted by atomic mass is 16.5. The maximum atomic E-state index is 11.7. The molecule has 0 atom stereocenters. The number of ether oxygens (including phenoxy) is 1. The van der Waals surface area contributed by atoms with Crippen LogP contribution in [0.25, 0.3) is 0 Å². The summed E-state index contributed by atoms with van der Waals surface area (Å²) in [7, 11) is 0. The molecule has 1 amide bonds. The van der Waals surface area contributed by atoms with Crippen molar-refractivity contribution in [3.63, 3.8) is 0 Å². The Morgan fingerprint density at radius 2 is 1.77 bits per heavy atom. The molecule has 114 valence electrons. The Balaban J connectivity index is 1.66. The van der Waals surface area contributed by atoms with Gasteiger partial charge in [-0.05, 0) is 56.2 Å². The van der Waals surface area contributed by atoms with Gasteiger partial charge >= 0.3 is 0 Å². The van der Waals surface area contributed by atoms with E-state index in [-0.39, 0.29) is 11.8 Å². The van der Waals surface area contributed by atoms with E-state index in [1.165, 1.54) is 0 Å². The largest absolute Gasteiger partial charge is 0.492 e. The van der Waals surface area contributed by atoms with Gasteiger partial charge in [0, 0.05) is 17.3 Å². The zero-order chi connectivity index (χ0) is 15.4. The standard InChI is InChI=1S/C18H20N2O2/c1-2-22-17-6-4-3-5-16(17)19-14-9-11-15(12-10-14)20-18(21)13-7-8-13/h3-6,9-13,19H,2,7-8H2,1H3,(H,20,21). The molecular weight excluding hydrogens is 276 g/mol. The average molecular weight is 296 g/mol. The number of hydrogen-bond donors (Lipinski definition) is 2. The van der Waals surface area contributed by atoms with Gasteiger partial charge < -0.3 is 15.4 Å². The molecule has 1 fully saturated rings. The van der Waals surface area contributed by atoms with Gasteiger partial charge in [-0.25, -0.2) is 0 Å². The van der Waals surface area contributed by atoms with Crippen LogP contribution in [0.3, 0.4) is 0 Å². The van der Waals surface area contributed by atoms with Crippen molar-refractivity contribution in [1.82, 2.24) is 0 Å². The molecular formula is C18H20N2O2. The van der Waals surface area contributed by atoms with E-state index in [1.54, 1.807) is 0 Å². The van der Waals surface area contributed by atoms with Crippen LogP contribution in [0.1, 0.15) is 19.8 Å². The monoisotopic (exact) mass is 296 g/mol. The molecule has 0 radical (unpaired) electrons. The Labute approximate surface area is 130 Å². The summed E-state index contributed by atoms with van der Waals surface area (Å²) in [5.74, 6) is 1.18. The molecule has 2 aromatic rings. The minimum atomic E-state index is 0.127. The van der Waals surface area contributed by atoms with Crippen LogP contribution < -0.4 is 15.4 Å². The van der Waals surface area contributed by atoms with Crippen LogP contribution in [-0.2, 0) is 4.79 Å². The predicted octanol–water partition coefficient (Wildman–Crippen LogP) is 4.18. The lowest BCUT2D eigenvalue weighted by Gasteiger charge is -2.12. The van der Waals surface area contributed by atoms with Crippen LogP contribution >= 0.6 is 0 Å². The fraction of sp³-hybridized carbons (Fsp3) is 0.278. The van der Waals surface area contributed by atoms with Crippen molar-refractivity contribution >= 4 is 23.0 Å². The van der Waals surface area contributed by atoms with Gasteiger partial charge in [0.1, 0.15) is 5.75 Å². The summed E-state index contributed by atoms with van der Waals surface area (Å²) < 4.78 is 5.60. The van der Waals surface area contributed by atoms with Gasteiger partial charge in [-0.2, -0.15) is 0 Å². The summed E-state index contributed by atoms with van der Waals surface area (Å²) in [5.41, 5.74) is 2.72. The molecule has 4 nitrogen and oxygen atoms in total. The minimum Gasteiger partial charge on any atom is -0.492 e. The van der Waals surface area contributed by atoms with Crippen molar-refractivity contribution in [3.05, 3.63) is 48.5 Å². The van der Waals surface area contributed by atoms with E-state index >= 15 is 0 Å². The second-order valence-corrected chi connectivity index (χ2v) is 5.40. The number of para-hydroxylation sites is 2. The molecule has 1 aliphatic carbocycles. The number of carbonyl (C=O) groups is 1. The molecule has 0 spiro atoms. The second kappa shape index (κ2) is 6.52. The lowest BCUT2D eigenvalue weighted by atomic mass is 10.2. The van der Waals surface area contributed by atoms with Gasteiger partial charge in [0.15, 0.2) is 0 Å². The van der Waals surface area contributed by atoms with Gasteiger partial charge in [0.05, 0.1) is 12.3 Å². The Hall–Kier alpha value is -2.49. The molecule has 0 aliphatic heterocycles. The minimum absolute atomic E-state index is 0.127. The maximum absolute atomic E-state index is 11.7. The first-order chi connectivity index (χ1) is 10.8. The molecule has 0 unspecified atom stereocenters. The topological polar surface area (TPSA) is 50.4 Å². The first-order valence-corrected chi connectivity index (χ1v) is 7.66. The molecule has 1 aliphatic rings. The quantitative estimate of drug-likeness (QED) is 0.841. The Morgan fingerprint density at radius 1 is 1.09 bits per heavy atom. The number of benzene rings is 2. The lowest BCUT2D eigenvalue weighted by Crippen LogP contribution is -2.13. The van der Waals surface area contributed by atoms with E-state index in [0.29, 0.717) is 6.61 Å². The van der Waals surface area contributed by atoms with Crippen molar-refractivity contribution in [2.24, 2.45) is 5.92 Å². The van der Waals surface area contributed by atoms with Crippen LogP contribution in [0, 0.1) is 5.92 Å². The second-order valence-electron chi connectivity index (χ2n) is 5.40. The summed E-state index contributed by atoms with van der Waals surface area (Å²) >= 11 is 0. The molecule has 0 heterocycles. The first kappa shape index (κ1) is 14.4. The maximum Gasteiger partial charge on any atom is 0.227 e. The zero-order valence-corrected chi connectivity index (χ0v) is 12.6. The Kier molecular flexibility index (Phi) is 4.28. The Morgan fingerprint density at radius 3 is 2.45 bits per heavy atom. The first-order valence-electron chi connectivity index (χ1n) is 7.66. The van der Waals surface area contributed by atoms with E-state index < -0.39 is 0 Å². The van der Waals surface area contributed by atoms with Gasteiger partial charge in [0.25, 0.3) is 0 Å².